The maximum atomic E-state index is 12.4. The van der Waals surface area contributed by atoms with Gasteiger partial charge in [0.1, 0.15) is 0 Å². The van der Waals surface area contributed by atoms with Gasteiger partial charge in [-0.15, -0.1) is 0 Å². The molecule has 1 aromatic rings. The van der Waals surface area contributed by atoms with Gasteiger partial charge < -0.3 is 4.90 Å². The maximum Gasteiger partial charge on any atom is 0.261 e. The van der Waals surface area contributed by atoms with Crippen LogP contribution >= 0.6 is 22.3 Å². The Morgan fingerprint density at radius 1 is 1.35 bits per heavy atom. The lowest BCUT2D eigenvalue weighted by atomic mass is 10.1. The van der Waals surface area contributed by atoms with Crippen LogP contribution in [0.25, 0.3) is 0 Å². The first-order valence-electron chi connectivity index (χ1n) is 6.04. The number of carbonyl (C=O) groups is 1. The van der Waals surface area contributed by atoms with Gasteiger partial charge in [-0.3, -0.25) is 4.79 Å². The van der Waals surface area contributed by atoms with Crippen LogP contribution in [0.15, 0.2) is 17.0 Å². The highest BCUT2D eigenvalue weighted by atomic mass is 35.7. The summed E-state index contributed by atoms with van der Waals surface area (Å²) in [5.74, 6) is 0.0277. The van der Waals surface area contributed by atoms with Crippen LogP contribution in [-0.4, -0.2) is 32.8 Å². The van der Waals surface area contributed by atoms with Crippen LogP contribution in [0, 0.1) is 12.8 Å². The third-order valence-electron chi connectivity index (χ3n) is 2.80. The molecule has 0 aromatic heterocycles. The van der Waals surface area contributed by atoms with Gasteiger partial charge in [0.15, 0.2) is 0 Å². The minimum atomic E-state index is -3.94. The summed E-state index contributed by atoms with van der Waals surface area (Å²) >= 11 is 5.89. The van der Waals surface area contributed by atoms with Gasteiger partial charge in [0.25, 0.3) is 15.0 Å². The molecule has 0 N–H and O–H groups in total. The summed E-state index contributed by atoms with van der Waals surface area (Å²) in [5.41, 5.74) is 0.560. The molecular formula is C13H17Cl2NO3S. The van der Waals surface area contributed by atoms with E-state index in [4.69, 9.17) is 22.3 Å². The Bertz CT molecular complexity index is 627. The van der Waals surface area contributed by atoms with Crippen molar-refractivity contribution in [2.45, 2.75) is 25.7 Å². The number of amides is 1. The summed E-state index contributed by atoms with van der Waals surface area (Å²) in [4.78, 5) is 13.8. The fraction of sp³-hybridized carbons (Fsp3) is 0.462. The fourth-order valence-corrected chi connectivity index (χ4v) is 3.47. The quantitative estimate of drug-likeness (QED) is 0.792. The number of rotatable bonds is 4. The first kappa shape index (κ1) is 17.3. The van der Waals surface area contributed by atoms with E-state index in [1.807, 2.05) is 13.8 Å². The Balaban J connectivity index is 3.33. The summed E-state index contributed by atoms with van der Waals surface area (Å²) in [6.07, 6.45) is 0. The number of halogens is 2. The molecule has 4 nitrogen and oxygen atoms in total. The van der Waals surface area contributed by atoms with E-state index in [0.717, 1.165) is 0 Å². The minimum absolute atomic E-state index is 0.132. The molecule has 0 saturated heterocycles. The average Bonchev–Trinajstić information content (AvgIpc) is 2.28. The summed E-state index contributed by atoms with van der Waals surface area (Å²) < 4.78 is 23.0. The zero-order valence-corrected chi connectivity index (χ0v) is 14.1. The van der Waals surface area contributed by atoms with Crippen molar-refractivity contribution < 1.29 is 13.2 Å². The molecule has 0 spiro atoms. The molecule has 0 aliphatic carbocycles. The van der Waals surface area contributed by atoms with Gasteiger partial charge in [-0.25, -0.2) is 8.42 Å². The number of hydrogen-bond acceptors (Lipinski definition) is 3. The lowest BCUT2D eigenvalue weighted by molar-refractivity contribution is 0.0778. The maximum absolute atomic E-state index is 12.4. The molecule has 0 unspecified atom stereocenters. The molecule has 0 aliphatic heterocycles. The van der Waals surface area contributed by atoms with E-state index in [9.17, 15) is 13.2 Å². The number of benzene rings is 1. The van der Waals surface area contributed by atoms with Crippen molar-refractivity contribution in [3.63, 3.8) is 0 Å². The summed E-state index contributed by atoms with van der Waals surface area (Å²) in [6, 6.07) is 2.71. The van der Waals surface area contributed by atoms with Crippen LogP contribution in [-0.2, 0) is 9.05 Å². The van der Waals surface area contributed by atoms with Crippen molar-refractivity contribution in [3.05, 3.63) is 28.3 Å². The molecule has 0 aliphatic rings. The van der Waals surface area contributed by atoms with E-state index in [1.165, 1.54) is 17.0 Å². The molecule has 112 valence electrons. The molecule has 1 rings (SSSR count). The average molecular weight is 338 g/mol. The molecule has 7 heteroatoms. The van der Waals surface area contributed by atoms with E-state index in [0.29, 0.717) is 18.0 Å². The molecule has 0 bridgehead atoms. The third-order valence-corrected chi connectivity index (χ3v) is 4.47. The second-order valence-corrected chi connectivity index (χ2v) is 8.06. The zero-order valence-electron chi connectivity index (χ0n) is 11.8. The van der Waals surface area contributed by atoms with E-state index in [-0.39, 0.29) is 21.4 Å². The Kier molecular flexibility index (Phi) is 5.46. The van der Waals surface area contributed by atoms with Crippen molar-refractivity contribution in [1.82, 2.24) is 4.90 Å². The summed E-state index contributed by atoms with van der Waals surface area (Å²) in [7, 11) is 3.09. The highest BCUT2D eigenvalue weighted by molar-refractivity contribution is 8.13. The summed E-state index contributed by atoms with van der Waals surface area (Å²) in [6.45, 7) is 6.09. The van der Waals surface area contributed by atoms with Gasteiger partial charge in [0.05, 0.1) is 4.90 Å². The molecule has 0 fully saturated rings. The normalized spacial score (nSPS) is 11.8. The smallest absolute Gasteiger partial charge is 0.261 e. The zero-order chi connectivity index (χ0) is 15.7. The number of hydrogen-bond donors (Lipinski definition) is 0. The second kappa shape index (κ2) is 6.33. The van der Waals surface area contributed by atoms with Crippen LogP contribution in [0.2, 0.25) is 5.02 Å². The summed E-state index contributed by atoms with van der Waals surface area (Å²) in [5, 5.41) is 0.163. The first-order valence-corrected chi connectivity index (χ1v) is 8.73. The van der Waals surface area contributed by atoms with Crippen molar-refractivity contribution in [2.75, 3.05) is 13.6 Å². The second-order valence-electron chi connectivity index (χ2n) is 5.09. The van der Waals surface area contributed by atoms with Crippen LogP contribution in [0.1, 0.15) is 29.8 Å². The van der Waals surface area contributed by atoms with Gasteiger partial charge in [0, 0.05) is 34.9 Å². The predicted molar refractivity (Wildman–Crippen MR) is 81.0 cm³/mol. The monoisotopic (exact) mass is 337 g/mol. The molecule has 0 radical (unpaired) electrons. The highest BCUT2D eigenvalue weighted by Crippen LogP contribution is 2.27. The molecule has 1 aromatic carbocycles. The molecule has 1 amide bonds. The minimum Gasteiger partial charge on any atom is -0.341 e. The van der Waals surface area contributed by atoms with Crippen LogP contribution < -0.4 is 0 Å². The largest absolute Gasteiger partial charge is 0.341 e. The van der Waals surface area contributed by atoms with Crippen molar-refractivity contribution >= 4 is 37.2 Å². The van der Waals surface area contributed by atoms with Crippen molar-refractivity contribution in [2.24, 2.45) is 5.92 Å². The van der Waals surface area contributed by atoms with Crippen LogP contribution in [0.3, 0.4) is 0 Å². The van der Waals surface area contributed by atoms with Crippen LogP contribution in [0.5, 0.6) is 0 Å². The molecule has 0 atom stereocenters. The van der Waals surface area contributed by atoms with Crippen LogP contribution in [0.4, 0.5) is 0 Å². The van der Waals surface area contributed by atoms with Gasteiger partial charge in [-0.2, -0.15) is 0 Å². The van der Waals surface area contributed by atoms with Gasteiger partial charge in [-0.05, 0) is 30.5 Å². The Morgan fingerprint density at radius 3 is 2.35 bits per heavy atom. The molecule has 20 heavy (non-hydrogen) atoms. The van der Waals surface area contributed by atoms with Gasteiger partial charge in [-0.1, -0.05) is 25.4 Å². The molecular weight excluding hydrogens is 321 g/mol. The Hall–Kier alpha value is -0.780. The topological polar surface area (TPSA) is 54.5 Å². The molecule has 0 saturated carbocycles. The Labute approximate surface area is 129 Å². The van der Waals surface area contributed by atoms with Gasteiger partial charge in [0.2, 0.25) is 0 Å². The van der Waals surface area contributed by atoms with E-state index >= 15 is 0 Å². The lowest BCUT2D eigenvalue weighted by Gasteiger charge is -2.21. The third kappa shape index (κ3) is 4.11. The van der Waals surface area contributed by atoms with E-state index in [1.54, 1.807) is 14.0 Å². The number of nitrogens with zero attached hydrogens (tertiary/aromatic N) is 1. The van der Waals surface area contributed by atoms with E-state index in [2.05, 4.69) is 0 Å². The predicted octanol–water partition coefficient (Wildman–Crippen LogP) is 3.30. The van der Waals surface area contributed by atoms with Crippen molar-refractivity contribution in [3.8, 4) is 0 Å². The van der Waals surface area contributed by atoms with E-state index < -0.39 is 9.05 Å². The Morgan fingerprint density at radius 2 is 1.90 bits per heavy atom. The standard InChI is InChI=1S/C13H17Cl2NO3S/c1-8(2)7-16(4)13(17)11-5-10(14)6-12(9(11)3)20(15,18)19/h5-6,8H,7H2,1-4H3. The fourth-order valence-electron chi connectivity index (χ4n) is 1.97. The molecule has 0 heterocycles. The first-order chi connectivity index (χ1) is 9.04. The highest BCUT2D eigenvalue weighted by Gasteiger charge is 2.22. The number of carbonyl (C=O) groups excluding carboxylic acids is 1. The SMILES string of the molecule is Cc1c(C(=O)N(C)CC(C)C)cc(Cl)cc1S(=O)(=O)Cl. The lowest BCUT2D eigenvalue weighted by Crippen LogP contribution is -2.31. The van der Waals surface area contributed by atoms with Gasteiger partial charge >= 0.3 is 0 Å². The van der Waals surface area contributed by atoms with Crippen molar-refractivity contribution in [1.29, 1.82) is 0 Å².